The zero-order chi connectivity index (χ0) is 9.03. The molecule has 0 aliphatic carbocycles. The molecule has 0 saturated carbocycles. The summed E-state index contributed by atoms with van der Waals surface area (Å²) in [5.74, 6) is -0.677. The SMILES string of the molecule is C=CCC1(C(=O)O)CCNCC1.Cl. The Morgan fingerprint density at radius 2 is 2.08 bits per heavy atom. The minimum atomic E-state index is -0.677. The van der Waals surface area contributed by atoms with Crippen LogP contribution in [0.25, 0.3) is 0 Å². The first-order valence-electron chi connectivity index (χ1n) is 4.26. The van der Waals surface area contributed by atoms with Crippen LogP contribution in [0.4, 0.5) is 0 Å². The van der Waals surface area contributed by atoms with Gasteiger partial charge in [0.05, 0.1) is 5.41 Å². The molecule has 0 unspecified atom stereocenters. The Kier molecular flexibility index (Phi) is 5.03. The molecule has 4 heteroatoms. The summed E-state index contributed by atoms with van der Waals surface area (Å²) in [5, 5.41) is 12.2. The number of allylic oxidation sites excluding steroid dienone is 1. The van der Waals surface area contributed by atoms with E-state index >= 15 is 0 Å². The van der Waals surface area contributed by atoms with E-state index in [1.54, 1.807) is 6.08 Å². The van der Waals surface area contributed by atoms with Gasteiger partial charge in [-0.05, 0) is 32.4 Å². The van der Waals surface area contributed by atoms with Gasteiger partial charge in [0.25, 0.3) is 0 Å². The number of aliphatic carboxylic acids is 1. The Labute approximate surface area is 84.6 Å². The molecule has 13 heavy (non-hydrogen) atoms. The fraction of sp³-hybridized carbons (Fsp3) is 0.667. The van der Waals surface area contributed by atoms with Crippen molar-refractivity contribution in [2.45, 2.75) is 19.3 Å². The van der Waals surface area contributed by atoms with Gasteiger partial charge in [-0.25, -0.2) is 0 Å². The minimum Gasteiger partial charge on any atom is -0.481 e. The van der Waals surface area contributed by atoms with Crippen molar-refractivity contribution in [2.24, 2.45) is 5.41 Å². The van der Waals surface area contributed by atoms with Crippen molar-refractivity contribution in [1.29, 1.82) is 0 Å². The highest BCUT2D eigenvalue weighted by atomic mass is 35.5. The van der Waals surface area contributed by atoms with Gasteiger partial charge < -0.3 is 10.4 Å². The van der Waals surface area contributed by atoms with E-state index < -0.39 is 11.4 Å². The third-order valence-electron chi connectivity index (χ3n) is 2.55. The standard InChI is InChI=1S/C9H15NO2.ClH/c1-2-3-9(8(11)12)4-6-10-7-5-9;/h2,10H,1,3-7H2,(H,11,12);1H. The van der Waals surface area contributed by atoms with Crippen molar-refractivity contribution in [3.8, 4) is 0 Å². The summed E-state index contributed by atoms with van der Waals surface area (Å²) in [6, 6.07) is 0. The molecule has 1 aliphatic heterocycles. The lowest BCUT2D eigenvalue weighted by atomic mass is 9.76. The topological polar surface area (TPSA) is 49.3 Å². The van der Waals surface area contributed by atoms with Gasteiger partial charge in [0, 0.05) is 0 Å². The molecule has 76 valence electrons. The largest absolute Gasteiger partial charge is 0.481 e. The van der Waals surface area contributed by atoms with E-state index in [2.05, 4.69) is 11.9 Å². The monoisotopic (exact) mass is 205 g/mol. The summed E-state index contributed by atoms with van der Waals surface area (Å²) in [4.78, 5) is 11.0. The van der Waals surface area contributed by atoms with Crippen molar-refractivity contribution in [2.75, 3.05) is 13.1 Å². The van der Waals surface area contributed by atoms with Crippen molar-refractivity contribution >= 4 is 18.4 Å². The van der Waals surface area contributed by atoms with Crippen LogP contribution in [0.5, 0.6) is 0 Å². The summed E-state index contributed by atoms with van der Waals surface area (Å²) in [5.41, 5.74) is -0.535. The Hall–Kier alpha value is -0.540. The molecule has 0 atom stereocenters. The molecule has 0 radical (unpaired) electrons. The molecule has 1 fully saturated rings. The predicted octanol–water partition coefficient (Wildman–Crippen LogP) is 1.44. The van der Waals surface area contributed by atoms with Crippen LogP contribution in [-0.2, 0) is 4.79 Å². The molecular weight excluding hydrogens is 190 g/mol. The molecule has 0 spiro atoms. The fourth-order valence-corrected chi connectivity index (χ4v) is 1.69. The first-order valence-corrected chi connectivity index (χ1v) is 4.26. The molecule has 1 aliphatic rings. The van der Waals surface area contributed by atoms with E-state index in [1.807, 2.05) is 0 Å². The number of carboxylic acid groups (broad SMARTS) is 1. The maximum absolute atomic E-state index is 11.0. The van der Waals surface area contributed by atoms with Crippen LogP contribution >= 0.6 is 12.4 Å². The number of carbonyl (C=O) groups is 1. The zero-order valence-electron chi connectivity index (χ0n) is 7.58. The van der Waals surface area contributed by atoms with Gasteiger partial charge in [-0.3, -0.25) is 4.79 Å². The molecular formula is C9H16ClNO2. The lowest BCUT2D eigenvalue weighted by Gasteiger charge is -2.32. The Morgan fingerprint density at radius 3 is 2.46 bits per heavy atom. The molecule has 1 rings (SSSR count). The maximum atomic E-state index is 11.0. The predicted molar refractivity (Wildman–Crippen MR) is 54.2 cm³/mol. The van der Waals surface area contributed by atoms with Crippen molar-refractivity contribution in [1.82, 2.24) is 5.32 Å². The highest BCUT2D eigenvalue weighted by Gasteiger charge is 2.38. The molecule has 2 N–H and O–H groups in total. The van der Waals surface area contributed by atoms with Crippen LogP contribution in [0.2, 0.25) is 0 Å². The van der Waals surface area contributed by atoms with Gasteiger partial charge in [-0.15, -0.1) is 19.0 Å². The van der Waals surface area contributed by atoms with Crippen LogP contribution in [0, 0.1) is 5.41 Å². The number of hydrogen-bond acceptors (Lipinski definition) is 2. The maximum Gasteiger partial charge on any atom is 0.310 e. The molecule has 0 aromatic rings. The number of carboxylic acids is 1. The lowest BCUT2D eigenvalue weighted by Crippen LogP contribution is -2.41. The van der Waals surface area contributed by atoms with Crippen LogP contribution in [0.1, 0.15) is 19.3 Å². The molecule has 3 nitrogen and oxygen atoms in total. The van der Waals surface area contributed by atoms with Gasteiger partial charge in [0.1, 0.15) is 0 Å². The van der Waals surface area contributed by atoms with Gasteiger partial charge in [0.15, 0.2) is 0 Å². The van der Waals surface area contributed by atoms with Crippen LogP contribution < -0.4 is 5.32 Å². The summed E-state index contributed by atoms with van der Waals surface area (Å²) in [6.45, 7) is 5.21. The van der Waals surface area contributed by atoms with Gasteiger partial charge in [-0.1, -0.05) is 6.08 Å². The smallest absolute Gasteiger partial charge is 0.310 e. The average Bonchev–Trinajstić information content (AvgIpc) is 2.06. The average molecular weight is 206 g/mol. The Balaban J connectivity index is 0.00000144. The molecule has 0 amide bonds. The summed E-state index contributed by atoms with van der Waals surface area (Å²) >= 11 is 0. The second-order valence-corrected chi connectivity index (χ2v) is 3.33. The molecule has 0 aromatic heterocycles. The van der Waals surface area contributed by atoms with E-state index in [-0.39, 0.29) is 12.4 Å². The second kappa shape index (κ2) is 5.25. The highest BCUT2D eigenvalue weighted by Crippen LogP contribution is 2.33. The lowest BCUT2D eigenvalue weighted by molar-refractivity contribution is -0.150. The Bertz CT molecular complexity index is 188. The summed E-state index contributed by atoms with van der Waals surface area (Å²) < 4.78 is 0. The highest BCUT2D eigenvalue weighted by molar-refractivity contribution is 5.85. The molecule has 1 saturated heterocycles. The first kappa shape index (κ1) is 12.5. The third kappa shape index (κ3) is 2.71. The van der Waals surface area contributed by atoms with Crippen molar-refractivity contribution in [3.63, 3.8) is 0 Å². The summed E-state index contributed by atoms with van der Waals surface area (Å²) in [6.07, 6.45) is 3.73. The number of nitrogens with one attached hydrogen (secondary N) is 1. The summed E-state index contributed by atoms with van der Waals surface area (Å²) in [7, 11) is 0. The van der Waals surface area contributed by atoms with E-state index in [0.717, 1.165) is 13.1 Å². The van der Waals surface area contributed by atoms with Gasteiger partial charge in [0.2, 0.25) is 0 Å². The number of halogens is 1. The number of rotatable bonds is 3. The van der Waals surface area contributed by atoms with E-state index in [0.29, 0.717) is 19.3 Å². The van der Waals surface area contributed by atoms with Gasteiger partial charge >= 0.3 is 5.97 Å². The van der Waals surface area contributed by atoms with E-state index in [1.165, 1.54) is 0 Å². The van der Waals surface area contributed by atoms with Crippen molar-refractivity contribution < 1.29 is 9.90 Å². The van der Waals surface area contributed by atoms with Crippen molar-refractivity contribution in [3.05, 3.63) is 12.7 Å². The fourth-order valence-electron chi connectivity index (χ4n) is 1.69. The zero-order valence-corrected chi connectivity index (χ0v) is 8.40. The molecule has 1 heterocycles. The van der Waals surface area contributed by atoms with E-state index in [4.69, 9.17) is 5.11 Å². The van der Waals surface area contributed by atoms with E-state index in [9.17, 15) is 4.79 Å². The number of piperidine rings is 1. The molecule has 0 bridgehead atoms. The normalized spacial score (nSPS) is 20.0. The number of hydrogen-bond donors (Lipinski definition) is 2. The van der Waals surface area contributed by atoms with Crippen LogP contribution in [0.3, 0.4) is 0 Å². The van der Waals surface area contributed by atoms with Crippen LogP contribution in [-0.4, -0.2) is 24.2 Å². The first-order chi connectivity index (χ1) is 5.71. The van der Waals surface area contributed by atoms with Gasteiger partial charge in [-0.2, -0.15) is 0 Å². The molecule has 0 aromatic carbocycles. The minimum absolute atomic E-state index is 0. The third-order valence-corrected chi connectivity index (χ3v) is 2.55. The Morgan fingerprint density at radius 1 is 1.54 bits per heavy atom. The second-order valence-electron chi connectivity index (χ2n) is 3.33. The quantitative estimate of drug-likeness (QED) is 0.686. The van der Waals surface area contributed by atoms with Crippen LogP contribution in [0.15, 0.2) is 12.7 Å².